The number of rotatable bonds is 3. The summed E-state index contributed by atoms with van der Waals surface area (Å²) in [4.78, 5) is 27.7. The normalized spacial score (nSPS) is 17.8. The van der Waals surface area contributed by atoms with Gasteiger partial charge in [-0.15, -0.1) is 0 Å². The Morgan fingerprint density at radius 1 is 1.38 bits per heavy atom. The van der Waals surface area contributed by atoms with Crippen molar-refractivity contribution in [3.05, 3.63) is 35.5 Å². The molecule has 110 valence electrons. The van der Waals surface area contributed by atoms with E-state index in [-0.39, 0.29) is 18.4 Å². The monoisotopic (exact) mass is 285 g/mol. The predicted molar refractivity (Wildman–Crippen MR) is 76.4 cm³/mol. The third kappa shape index (κ3) is 2.39. The number of aliphatic carboxylic acids is 1. The molecule has 0 saturated carbocycles. The van der Waals surface area contributed by atoms with E-state index in [4.69, 9.17) is 0 Å². The first-order valence-electron chi connectivity index (χ1n) is 7.14. The fraction of sp³-hybridized carbons (Fsp3) is 0.375. The minimum Gasteiger partial charge on any atom is -0.550 e. The number of nitrogens with one attached hydrogen (secondary N) is 1. The van der Waals surface area contributed by atoms with E-state index < -0.39 is 5.97 Å². The van der Waals surface area contributed by atoms with Gasteiger partial charge in [-0.3, -0.25) is 4.79 Å². The highest BCUT2D eigenvalue weighted by molar-refractivity contribution is 5.86. The number of carbonyl (C=O) groups excluding carboxylic acids is 2. The first-order chi connectivity index (χ1) is 10.1. The largest absolute Gasteiger partial charge is 0.550 e. The molecule has 1 N–H and O–H groups in total. The van der Waals surface area contributed by atoms with Crippen LogP contribution >= 0.6 is 0 Å². The molecule has 1 amide bonds. The third-order valence-corrected chi connectivity index (χ3v) is 4.19. The summed E-state index contributed by atoms with van der Waals surface area (Å²) in [5.41, 5.74) is 3.21. The molecule has 0 bridgehead atoms. The lowest BCUT2D eigenvalue weighted by Crippen LogP contribution is -2.39. The fourth-order valence-corrected chi connectivity index (χ4v) is 3.25. The van der Waals surface area contributed by atoms with E-state index in [0.717, 1.165) is 23.0 Å². The van der Waals surface area contributed by atoms with Crippen LogP contribution in [0.2, 0.25) is 0 Å². The minimum atomic E-state index is -1.08. The lowest BCUT2D eigenvalue weighted by Gasteiger charge is -2.35. The van der Waals surface area contributed by atoms with Crippen molar-refractivity contribution < 1.29 is 14.7 Å². The molecule has 5 heteroatoms. The topological polar surface area (TPSA) is 76.2 Å². The molecule has 2 heterocycles. The van der Waals surface area contributed by atoms with Crippen LogP contribution in [-0.2, 0) is 16.0 Å². The molecule has 1 aromatic carbocycles. The molecular formula is C16H17N2O3-. The maximum atomic E-state index is 11.8. The maximum Gasteiger partial charge on any atom is 0.220 e. The van der Waals surface area contributed by atoms with Gasteiger partial charge in [0.2, 0.25) is 5.91 Å². The van der Waals surface area contributed by atoms with Gasteiger partial charge in [0.15, 0.2) is 0 Å². The quantitative estimate of drug-likeness (QED) is 0.919. The van der Waals surface area contributed by atoms with Crippen LogP contribution < -0.4 is 5.11 Å². The van der Waals surface area contributed by atoms with Crippen LogP contribution in [0.3, 0.4) is 0 Å². The summed E-state index contributed by atoms with van der Waals surface area (Å²) in [6.07, 6.45) is 1.12. The molecule has 0 aliphatic carbocycles. The first-order valence-corrected chi connectivity index (χ1v) is 7.14. The van der Waals surface area contributed by atoms with Crippen LogP contribution in [0, 0.1) is 0 Å². The van der Waals surface area contributed by atoms with E-state index in [1.807, 2.05) is 18.2 Å². The van der Waals surface area contributed by atoms with Gasteiger partial charge in [-0.1, -0.05) is 18.2 Å². The highest BCUT2D eigenvalue weighted by atomic mass is 16.4. The van der Waals surface area contributed by atoms with Gasteiger partial charge in [0.1, 0.15) is 0 Å². The van der Waals surface area contributed by atoms with Crippen LogP contribution in [-0.4, -0.2) is 28.3 Å². The number of aromatic nitrogens is 1. The molecule has 1 aliphatic heterocycles. The molecule has 3 rings (SSSR count). The summed E-state index contributed by atoms with van der Waals surface area (Å²) in [6.45, 7) is 2.15. The number of para-hydroxylation sites is 1. The summed E-state index contributed by atoms with van der Waals surface area (Å²) < 4.78 is 0. The van der Waals surface area contributed by atoms with Gasteiger partial charge in [0, 0.05) is 36.0 Å². The summed E-state index contributed by atoms with van der Waals surface area (Å²) in [6, 6.07) is 7.80. The Bertz CT molecular complexity index is 705. The van der Waals surface area contributed by atoms with Crippen molar-refractivity contribution in [1.82, 2.24) is 9.88 Å². The van der Waals surface area contributed by atoms with Gasteiger partial charge in [-0.05, 0) is 30.9 Å². The molecule has 1 aliphatic rings. The second-order valence-corrected chi connectivity index (χ2v) is 5.45. The standard InChI is InChI=1S/C16H18N2O3/c1-10(19)18-9-8-12-11-4-2-3-5-13(11)17-16(12)14(18)6-7-15(20)21/h2-5,14,17H,6-9H2,1H3,(H,20,21)/p-1. The van der Waals surface area contributed by atoms with Crippen LogP contribution in [0.1, 0.15) is 37.1 Å². The summed E-state index contributed by atoms with van der Waals surface area (Å²) in [5, 5.41) is 11.9. The minimum absolute atomic E-state index is 0.0253. The number of aromatic amines is 1. The average Bonchev–Trinajstić information content (AvgIpc) is 2.83. The Kier molecular flexibility index (Phi) is 3.41. The van der Waals surface area contributed by atoms with Crippen molar-refractivity contribution in [3.8, 4) is 0 Å². The van der Waals surface area contributed by atoms with Crippen LogP contribution in [0.4, 0.5) is 0 Å². The number of benzene rings is 1. The second kappa shape index (κ2) is 5.24. The Labute approximate surface area is 122 Å². The molecule has 0 radical (unpaired) electrons. The SMILES string of the molecule is CC(=O)N1CCc2c([nH]c3ccccc23)C1CCC(=O)[O-]. The van der Waals surface area contributed by atoms with Gasteiger partial charge in [-0.2, -0.15) is 0 Å². The zero-order valence-electron chi connectivity index (χ0n) is 11.9. The molecule has 0 fully saturated rings. The highest BCUT2D eigenvalue weighted by Gasteiger charge is 2.31. The lowest BCUT2D eigenvalue weighted by atomic mass is 9.94. The van der Waals surface area contributed by atoms with Crippen molar-refractivity contribution in [3.63, 3.8) is 0 Å². The molecule has 0 spiro atoms. The molecule has 1 atom stereocenters. The molecule has 2 aromatic rings. The van der Waals surface area contributed by atoms with Gasteiger partial charge < -0.3 is 19.8 Å². The lowest BCUT2D eigenvalue weighted by molar-refractivity contribution is -0.306. The number of fused-ring (bicyclic) bond motifs is 3. The smallest absolute Gasteiger partial charge is 0.220 e. The Morgan fingerprint density at radius 3 is 2.86 bits per heavy atom. The first kappa shape index (κ1) is 13.7. The summed E-state index contributed by atoms with van der Waals surface area (Å²) >= 11 is 0. The number of carboxylic acid groups (broad SMARTS) is 1. The van der Waals surface area contributed by atoms with Crippen molar-refractivity contribution >= 4 is 22.8 Å². The Hall–Kier alpha value is -2.30. The maximum absolute atomic E-state index is 11.8. The van der Waals surface area contributed by atoms with Gasteiger partial charge in [0.05, 0.1) is 6.04 Å². The molecular weight excluding hydrogens is 268 g/mol. The van der Waals surface area contributed by atoms with Crippen LogP contribution in [0.25, 0.3) is 10.9 Å². The van der Waals surface area contributed by atoms with Gasteiger partial charge in [-0.25, -0.2) is 0 Å². The molecule has 1 unspecified atom stereocenters. The number of hydrogen-bond donors (Lipinski definition) is 1. The number of hydrogen-bond acceptors (Lipinski definition) is 3. The van der Waals surface area contributed by atoms with E-state index in [1.54, 1.807) is 4.90 Å². The van der Waals surface area contributed by atoms with Crippen molar-refractivity contribution in [1.29, 1.82) is 0 Å². The Morgan fingerprint density at radius 2 is 2.14 bits per heavy atom. The number of H-pyrrole nitrogens is 1. The van der Waals surface area contributed by atoms with E-state index in [0.29, 0.717) is 13.0 Å². The second-order valence-electron chi connectivity index (χ2n) is 5.45. The molecule has 5 nitrogen and oxygen atoms in total. The number of carbonyl (C=O) groups is 2. The zero-order chi connectivity index (χ0) is 15.0. The van der Waals surface area contributed by atoms with Crippen molar-refractivity contribution in [2.75, 3.05) is 6.54 Å². The number of nitrogens with zero attached hydrogens (tertiary/aromatic N) is 1. The summed E-state index contributed by atoms with van der Waals surface area (Å²) in [7, 11) is 0. The van der Waals surface area contributed by atoms with E-state index in [1.165, 1.54) is 12.5 Å². The molecule has 0 saturated heterocycles. The number of amides is 1. The third-order valence-electron chi connectivity index (χ3n) is 4.19. The van der Waals surface area contributed by atoms with Crippen LogP contribution in [0.5, 0.6) is 0 Å². The van der Waals surface area contributed by atoms with Gasteiger partial charge in [0.25, 0.3) is 0 Å². The van der Waals surface area contributed by atoms with E-state index >= 15 is 0 Å². The van der Waals surface area contributed by atoms with Gasteiger partial charge >= 0.3 is 0 Å². The van der Waals surface area contributed by atoms with Crippen molar-refractivity contribution in [2.45, 2.75) is 32.2 Å². The van der Waals surface area contributed by atoms with Crippen LogP contribution in [0.15, 0.2) is 24.3 Å². The average molecular weight is 285 g/mol. The molecule has 21 heavy (non-hydrogen) atoms. The molecule has 1 aromatic heterocycles. The number of carboxylic acids is 1. The zero-order valence-corrected chi connectivity index (χ0v) is 11.9. The predicted octanol–water partition coefficient (Wildman–Crippen LogP) is 1.14. The van der Waals surface area contributed by atoms with E-state index in [9.17, 15) is 14.7 Å². The van der Waals surface area contributed by atoms with E-state index in [2.05, 4.69) is 11.1 Å². The Balaban J connectivity index is 2.04. The van der Waals surface area contributed by atoms with Crippen molar-refractivity contribution in [2.24, 2.45) is 0 Å². The summed E-state index contributed by atoms with van der Waals surface area (Å²) in [5.74, 6) is -1.11. The fourth-order valence-electron chi connectivity index (χ4n) is 3.25. The highest BCUT2D eigenvalue weighted by Crippen LogP contribution is 2.36.